The molecule has 1 aliphatic rings. The van der Waals surface area contributed by atoms with E-state index < -0.39 is 0 Å². The summed E-state index contributed by atoms with van der Waals surface area (Å²) in [7, 11) is 0. The Balaban J connectivity index is 1.19. The topological polar surface area (TPSA) is 3.24 Å². The molecule has 0 saturated heterocycles. The lowest BCUT2D eigenvalue weighted by atomic mass is 9.82. The average molecular weight is 792 g/mol. The lowest BCUT2D eigenvalue weighted by molar-refractivity contribution is 0.660. The molecule has 0 N–H and O–H groups in total. The third-order valence-electron chi connectivity index (χ3n) is 12.9. The van der Waals surface area contributed by atoms with Crippen molar-refractivity contribution < 1.29 is 0 Å². The first kappa shape index (κ1) is 37.3. The van der Waals surface area contributed by atoms with Crippen LogP contribution in [0.1, 0.15) is 25.0 Å². The third-order valence-corrected chi connectivity index (χ3v) is 12.9. The molecule has 0 radical (unpaired) electrons. The predicted octanol–water partition coefficient (Wildman–Crippen LogP) is 17.0. The molecule has 0 amide bonds. The fourth-order valence-electron chi connectivity index (χ4n) is 9.97. The molecule has 0 unspecified atom stereocenters. The van der Waals surface area contributed by atoms with Crippen LogP contribution in [-0.2, 0) is 5.41 Å². The van der Waals surface area contributed by atoms with E-state index in [1.807, 2.05) is 0 Å². The van der Waals surface area contributed by atoms with Gasteiger partial charge in [0.15, 0.2) is 0 Å². The van der Waals surface area contributed by atoms with E-state index in [1.54, 1.807) is 0 Å². The van der Waals surface area contributed by atoms with Crippen LogP contribution in [0.5, 0.6) is 0 Å². The fraction of sp³-hybridized carbons (Fsp3) is 0.0492. The number of benzene rings is 10. The Morgan fingerprint density at radius 3 is 1.39 bits per heavy atom. The van der Waals surface area contributed by atoms with E-state index >= 15 is 0 Å². The number of fused-ring (bicyclic) bond motifs is 4. The van der Waals surface area contributed by atoms with Crippen LogP contribution in [0.2, 0.25) is 0 Å². The molecule has 0 bridgehead atoms. The van der Waals surface area contributed by atoms with Crippen LogP contribution < -0.4 is 4.90 Å². The van der Waals surface area contributed by atoms with Crippen molar-refractivity contribution in [2.45, 2.75) is 19.3 Å². The Morgan fingerprint density at radius 2 is 0.710 bits per heavy atom. The van der Waals surface area contributed by atoms with Gasteiger partial charge in [-0.3, -0.25) is 0 Å². The maximum atomic E-state index is 2.53. The minimum atomic E-state index is -0.119. The Hall–Kier alpha value is -7.74. The second-order valence-corrected chi connectivity index (χ2v) is 16.8. The van der Waals surface area contributed by atoms with Crippen molar-refractivity contribution in [3.8, 4) is 66.8 Å². The molecule has 0 aliphatic heterocycles. The lowest BCUT2D eigenvalue weighted by Crippen LogP contribution is -2.15. The number of rotatable bonds is 8. The van der Waals surface area contributed by atoms with E-state index in [1.165, 1.54) is 77.5 Å². The third kappa shape index (κ3) is 6.25. The summed E-state index contributed by atoms with van der Waals surface area (Å²) in [6.45, 7) is 4.73. The van der Waals surface area contributed by atoms with Crippen molar-refractivity contribution in [3.63, 3.8) is 0 Å². The minimum absolute atomic E-state index is 0.119. The van der Waals surface area contributed by atoms with Crippen LogP contribution in [0.25, 0.3) is 77.5 Å². The first-order valence-corrected chi connectivity index (χ1v) is 21.6. The van der Waals surface area contributed by atoms with Crippen molar-refractivity contribution in [2.24, 2.45) is 0 Å². The quantitative estimate of drug-likeness (QED) is 0.148. The van der Waals surface area contributed by atoms with Crippen molar-refractivity contribution in [1.29, 1.82) is 0 Å². The zero-order chi connectivity index (χ0) is 41.6. The van der Waals surface area contributed by atoms with E-state index in [9.17, 15) is 0 Å². The molecule has 0 fully saturated rings. The highest BCUT2D eigenvalue weighted by molar-refractivity contribution is 6.04. The molecule has 10 aromatic rings. The van der Waals surface area contributed by atoms with E-state index in [0.717, 1.165) is 28.2 Å². The zero-order valence-corrected chi connectivity index (χ0v) is 35.0. The molecule has 0 heterocycles. The Bertz CT molecular complexity index is 3280. The predicted molar refractivity (Wildman–Crippen MR) is 263 cm³/mol. The van der Waals surface area contributed by atoms with Gasteiger partial charge in [0.05, 0.1) is 17.1 Å². The van der Waals surface area contributed by atoms with Gasteiger partial charge >= 0.3 is 0 Å². The smallest absolute Gasteiger partial charge is 0.0540 e. The van der Waals surface area contributed by atoms with E-state index in [2.05, 4.69) is 255 Å². The molecule has 0 spiro atoms. The fourth-order valence-corrected chi connectivity index (χ4v) is 9.97. The zero-order valence-electron chi connectivity index (χ0n) is 35.0. The van der Waals surface area contributed by atoms with E-state index in [-0.39, 0.29) is 5.41 Å². The van der Waals surface area contributed by atoms with Crippen LogP contribution in [-0.4, -0.2) is 0 Å². The summed E-state index contributed by atoms with van der Waals surface area (Å²) in [6, 6.07) is 86.7. The van der Waals surface area contributed by atoms with Crippen LogP contribution in [0.15, 0.2) is 237 Å². The molecule has 0 atom stereocenters. The molecule has 0 saturated carbocycles. The minimum Gasteiger partial charge on any atom is -0.309 e. The summed E-state index contributed by atoms with van der Waals surface area (Å²) in [5, 5.41) is 2.45. The van der Waals surface area contributed by atoms with Gasteiger partial charge in [0.25, 0.3) is 0 Å². The normalized spacial score (nSPS) is 12.5. The molecular weight excluding hydrogens is 747 g/mol. The molecule has 11 rings (SSSR count). The van der Waals surface area contributed by atoms with Gasteiger partial charge < -0.3 is 4.90 Å². The van der Waals surface area contributed by atoms with Crippen LogP contribution >= 0.6 is 0 Å². The molecule has 1 heteroatoms. The molecule has 1 aliphatic carbocycles. The van der Waals surface area contributed by atoms with Gasteiger partial charge in [0, 0.05) is 22.1 Å². The van der Waals surface area contributed by atoms with Crippen molar-refractivity contribution in [2.75, 3.05) is 4.90 Å². The van der Waals surface area contributed by atoms with Gasteiger partial charge in [-0.1, -0.05) is 226 Å². The van der Waals surface area contributed by atoms with Gasteiger partial charge in [-0.25, -0.2) is 0 Å². The molecule has 294 valence electrons. The highest BCUT2D eigenvalue weighted by Gasteiger charge is 2.37. The second kappa shape index (κ2) is 15.4. The summed E-state index contributed by atoms with van der Waals surface area (Å²) in [6.07, 6.45) is 0. The second-order valence-electron chi connectivity index (χ2n) is 16.8. The number of hydrogen-bond acceptors (Lipinski definition) is 1. The summed E-state index contributed by atoms with van der Waals surface area (Å²) in [4.78, 5) is 2.53. The molecule has 1 nitrogen and oxygen atoms in total. The number of anilines is 3. The van der Waals surface area contributed by atoms with Crippen molar-refractivity contribution >= 4 is 27.8 Å². The maximum Gasteiger partial charge on any atom is 0.0540 e. The van der Waals surface area contributed by atoms with Gasteiger partial charge in [0.2, 0.25) is 0 Å². The summed E-state index contributed by atoms with van der Waals surface area (Å²) >= 11 is 0. The molecule has 62 heavy (non-hydrogen) atoms. The Kier molecular flexibility index (Phi) is 9.24. The van der Waals surface area contributed by atoms with Gasteiger partial charge in [-0.05, 0) is 96.2 Å². The number of para-hydroxylation sites is 3. The van der Waals surface area contributed by atoms with Crippen LogP contribution in [0.3, 0.4) is 0 Å². The number of nitrogens with zero attached hydrogens (tertiary/aromatic N) is 1. The Morgan fingerprint density at radius 1 is 0.274 bits per heavy atom. The van der Waals surface area contributed by atoms with Crippen LogP contribution in [0, 0.1) is 0 Å². The first-order chi connectivity index (χ1) is 30.6. The van der Waals surface area contributed by atoms with E-state index in [4.69, 9.17) is 0 Å². The first-order valence-electron chi connectivity index (χ1n) is 21.6. The Labute approximate surface area is 364 Å². The lowest BCUT2D eigenvalue weighted by Gasteiger charge is -2.32. The molecule has 0 aromatic heterocycles. The highest BCUT2D eigenvalue weighted by atomic mass is 15.1. The number of hydrogen-bond donors (Lipinski definition) is 0. The van der Waals surface area contributed by atoms with Crippen molar-refractivity contribution in [3.05, 3.63) is 248 Å². The standard InChI is InChI=1S/C61H45N/c1-61(2)55-34-16-12-32-54(55)60-53(33-20-35-56(60)61)52-31-15-19-38-59(52)62(57-36-17-13-26-47(57)45-40-39-42-21-6-7-24-44(42)41-45)58-37-18-14-30-51(58)50-29-11-10-28-49(50)48-27-9-8-25-46(48)43-22-4-3-5-23-43/h3-41H,1-2H3. The summed E-state index contributed by atoms with van der Waals surface area (Å²) < 4.78 is 0. The largest absolute Gasteiger partial charge is 0.309 e. The monoisotopic (exact) mass is 791 g/mol. The van der Waals surface area contributed by atoms with Gasteiger partial charge in [-0.2, -0.15) is 0 Å². The SMILES string of the molecule is CC1(C)c2ccccc2-c2c(-c3ccccc3N(c3ccccc3-c3ccc4ccccc4c3)c3ccccc3-c3ccccc3-c3ccccc3-c3ccccc3)cccc21. The molecular formula is C61H45N. The highest BCUT2D eigenvalue weighted by Crippen LogP contribution is 2.55. The van der Waals surface area contributed by atoms with Gasteiger partial charge in [-0.15, -0.1) is 0 Å². The average Bonchev–Trinajstić information content (AvgIpc) is 3.58. The van der Waals surface area contributed by atoms with Crippen LogP contribution in [0.4, 0.5) is 17.1 Å². The summed E-state index contributed by atoms with van der Waals surface area (Å²) in [5.41, 5.74) is 20.5. The van der Waals surface area contributed by atoms with E-state index in [0.29, 0.717) is 0 Å². The molecule has 10 aromatic carbocycles. The van der Waals surface area contributed by atoms with Gasteiger partial charge in [0.1, 0.15) is 0 Å². The maximum absolute atomic E-state index is 2.53. The summed E-state index contributed by atoms with van der Waals surface area (Å²) in [5.74, 6) is 0. The van der Waals surface area contributed by atoms with Crippen molar-refractivity contribution in [1.82, 2.24) is 0 Å².